The van der Waals surface area contributed by atoms with E-state index < -0.39 is 0 Å². The van der Waals surface area contributed by atoms with Crippen molar-refractivity contribution < 1.29 is 15.3 Å². The average Bonchev–Trinajstić information content (AvgIpc) is 2.84. The zero-order chi connectivity index (χ0) is 17.3. The Morgan fingerprint density at radius 1 is 1.04 bits per heavy atom. The number of halogens is 1. The number of aliphatic hydroxyl groups is 3. The van der Waals surface area contributed by atoms with E-state index in [0.717, 1.165) is 51.4 Å². The van der Waals surface area contributed by atoms with Crippen LogP contribution in [0.15, 0.2) is 0 Å². The summed E-state index contributed by atoms with van der Waals surface area (Å²) in [7, 11) is 0. The van der Waals surface area contributed by atoms with Gasteiger partial charge in [0.05, 0.1) is 18.8 Å². The van der Waals surface area contributed by atoms with Crippen molar-refractivity contribution in [1.82, 2.24) is 0 Å². The highest BCUT2D eigenvalue weighted by Gasteiger charge is 2.67. The Kier molecular flexibility index (Phi) is 4.20. The van der Waals surface area contributed by atoms with Gasteiger partial charge in [0.1, 0.15) is 0 Å². The Morgan fingerprint density at radius 2 is 1.79 bits per heavy atom. The quantitative estimate of drug-likeness (QED) is 0.590. The molecule has 0 aromatic heterocycles. The summed E-state index contributed by atoms with van der Waals surface area (Å²) in [5, 5.41) is 31.5. The van der Waals surface area contributed by atoms with Crippen LogP contribution in [0.4, 0.5) is 0 Å². The summed E-state index contributed by atoms with van der Waals surface area (Å²) in [5.41, 5.74) is -0.0263. The van der Waals surface area contributed by atoms with Crippen LogP contribution in [0.5, 0.6) is 0 Å². The van der Waals surface area contributed by atoms with Crippen LogP contribution in [0, 0.1) is 34.5 Å². The predicted octanol–water partition coefficient (Wildman–Crippen LogP) is 3.49. The van der Waals surface area contributed by atoms with Crippen LogP contribution in [0.25, 0.3) is 0 Å². The number of aliphatic hydroxyl groups excluding tert-OH is 3. The maximum atomic E-state index is 10.6. The second-order valence-electron chi connectivity index (χ2n) is 9.72. The van der Waals surface area contributed by atoms with Crippen LogP contribution in [0.1, 0.15) is 65.2 Å². The fourth-order valence-electron chi connectivity index (χ4n) is 7.66. The summed E-state index contributed by atoms with van der Waals surface area (Å²) in [6, 6.07) is 0. The third kappa shape index (κ3) is 2.06. The van der Waals surface area contributed by atoms with Crippen molar-refractivity contribution in [2.24, 2.45) is 34.5 Å². The van der Waals surface area contributed by atoms with E-state index in [4.69, 9.17) is 0 Å². The second-order valence-corrected chi connectivity index (χ2v) is 11.1. The summed E-state index contributed by atoms with van der Waals surface area (Å²) >= 11 is 4.09. The van der Waals surface area contributed by atoms with Gasteiger partial charge in [-0.1, -0.05) is 29.8 Å². The molecule has 24 heavy (non-hydrogen) atoms. The first-order valence-electron chi connectivity index (χ1n) is 9.94. The molecule has 4 heteroatoms. The smallest absolute Gasteiger partial charge is 0.0596 e. The fraction of sp³-hybridized carbons (Fsp3) is 1.00. The molecule has 4 aliphatic carbocycles. The highest BCUT2D eigenvalue weighted by molar-refractivity contribution is 9.10. The van der Waals surface area contributed by atoms with Gasteiger partial charge in [0.15, 0.2) is 0 Å². The number of rotatable bonds is 1. The van der Waals surface area contributed by atoms with Crippen LogP contribution in [-0.2, 0) is 0 Å². The van der Waals surface area contributed by atoms with E-state index >= 15 is 0 Å². The number of fused-ring (bicyclic) bond motifs is 5. The molecule has 3 nitrogen and oxygen atoms in total. The van der Waals surface area contributed by atoms with Gasteiger partial charge in [0.25, 0.3) is 0 Å². The van der Waals surface area contributed by atoms with Crippen LogP contribution in [0.2, 0.25) is 0 Å². The van der Waals surface area contributed by atoms with E-state index in [0.29, 0.717) is 23.7 Å². The molecule has 0 spiro atoms. The molecular weight excluding hydrogens is 368 g/mol. The molecule has 9 atom stereocenters. The standard InChI is InChI=1S/C20H33BrO3/c1-12-9-14-15-3-4-17(24)18(15,2)7-6-16(14)19(11-22)8-5-13(23)10-20(12,19)21/h12-17,22-24H,3-11H2,1-2H3/t12-,13+,14+,15+,16+,17+,18+,19+,20+/m1/s1. The average molecular weight is 401 g/mol. The molecule has 0 unspecified atom stereocenters. The zero-order valence-corrected chi connectivity index (χ0v) is 16.6. The van der Waals surface area contributed by atoms with E-state index in [1.54, 1.807) is 0 Å². The molecule has 4 rings (SSSR count). The first kappa shape index (κ1) is 17.8. The molecule has 138 valence electrons. The highest BCUT2D eigenvalue weighted by atomic mass is 79.9. The third-order valence-electron chi connectivity index (χ3n) is 9.07. The lowest BCUT2D eigenvalue weighted by Crippen LogP contribution is -2.66. The van der Waals surface area contributed by atoms with Crippen molar-refractivity contribution in [3.8, 4) is 0 Å². The Bertz CT molecular complexity index is 513. The molecular formula is C20H33BrO3. The SMILES string of the molecule is C[C@@H]1C[C@H]2[C@@H]3CC[C@H](O)[C@@]3(C)CC[C@@H]2[C@@]2(CO)CC[C@H](O)C[C@]12Br. The monoisotopic (exact) mass is 400 g/mol. The van der Waals surface area contributed by atoms with Gasteiger partial charge in [-0.3, -0.25) is 0 Å². The van der Waals surface area contributed by atoms with Gasteiger partial charge < -0.3 is 15.3 Å². The second kappa shape index (κ2) is 5.68. The van der Waals surface area contributed by atoms with E-state index in [2.05, 4.69) is 29.8 Å². The van der Waals surface area contributed by atoms with E-state index in [1.807, 2.05) is 0 Å². The Labute approximate surface area is 154 Å². The van der Waals surface area contributed by atoms with Crippen LogP contribution >= 0.6 is 15.9 Å². The minimum absolute atomic E-state index is 0.0814. The van der Waals surface area contributed by atoms with Gasteiger partial charge >= 0.3 is 0 Å². The first-order valence-corrected chi connectivity index (χ1v) is 10.7. The highest BCUT2D eigenvalue weighted by Crippen LogP contribution is 2.70. The Hall–Kier alpha value is 0.360. The molecule has 0 bridgehead atoms. The van der Waals surface area contributed by atoms with Gasteiger partial charge in [-0.2, -0.15) is 0 Å². The zero-order valence-electron chi connectivity index (χ0n) is 15.0. The maximum absolute atomic E-state index is 10.6. The molecule has 0 aromatic carbocycles. The molecule has 4 fully saturated rings. The van der Waals surface area contributed by atoms with Crippen molar-refractivity contribution in [3.05, 3.63) is 0 Å². The van der Waals surface area contributed by atoms with Gasteiger partial charge in [0, 0.05) is 9.74 Å². The van der Waals surface area contributed by atoms with E-state index in [-0.39, 0.29) is 34.0 Å². The summed E-state index contributed by atoms with van der Waals surface area (Å²) in [6.45, 7) is 4.84. The van der Waals surface area contributed by atoms with Crippen molar-refractivity contribution in [2.45, 2.75) is 81.7 Å². The molecule has 0 aromatic rings. The molecule has 0 saturated heterocycles. The van der Waals surface area contributed by atoms with Gasteiger partial charge in [-0.05, 0) is 80.5 Å². The summed E-state index contributed by atoms with van der Waals surface area (Å²) < 4.78 is -0.140. The predicted molar refractivity (Wildman–Crippen MR) is 97.9 cm³/mol. The summed E-state index contributed by atoms with van der Waals surface area (Å²) in [4.78, 5) is 0. The van der Waals surface area contributed by atoms with Gasteiger partial charge in [-0.15, -0.1) is 0 Å². The topological polar surface area (TPSA) is 60.7 Å². The minimum Gasteiger partial charge on any atom is -0.396 e. The molecule has 0 aliphatic heterocycles. The van der Waals surface area contributed by atoms with Crippen LogP contribution < -0.4 is 0 Å². The molecule has 4 aliphatic rings. The van der Waals surface area contributed by atoms with Crippen molar-refractivity contribution in [2.75, 3.05) is 6.61 Å². The van der Waals surface area contributed by atoms with E-state index in [9.17, 15) is 15.3 Å². The number of hydrogen-bond acceptors (Lipinski definition) is 3. The van der Waals surface area contributed by atoms with Gasteiger partial charge in [0.2, 0.25) is 0 Å². The van der Waals surface area contributed by atoms with Crippen molar-refractivity contribution >= 4 is 15.9 Å². The Morgan fingerprint density at radius 3 is 2.50 bits per heavy atom. The van der Waals surface area contributed by atoms with Crippen molar-refractivity contribution in [3.63, 3.8) is 0 Å². The lowest BCUT2D eigenvalue weighted by molar-refractivity contribution is -0.159. The third-order valence-corrected chi connectivity index (χ3v) is 11.0. The minimum atomic E-state index is -0.245. The molecule has 0 radical (unpaired) electrons. The van der Waals surface area contributed by atoms with Crippen LogP contribution in [0.3, 0.4) is 0 Å². The van der Waals surface area contributed by atoms with Crippen molar-refractivity contribution in [1.29, 1.82) is 0 Å². The molecule has 3 N–H and O–H groups in total. The Balaban J connectivity index is 1.74. The van der Waals surface area contributed by atoms with Gasteiger partial charge in [-0.25, -0.2) is 0 Å². The molecule has 0 heterocycles. The fourth-order valence-corrected chi connectivity index (χ4v) is 8.84. The summed E-state index contributed by atoms with van der Waals surface area (Å²) in [6.07, 6.45) is 7.57. The number of hydrogen-bond donors (Lipinski definition) is 3. The first-order chi connectivity index (χ1) is 11.3. The molecule has 4 saturated carbocycles. The normalized spacial score (nSPS) is 60.2. The summed E-state index contributed by atoms with van der Waals surface area (Å²) in [5.74, 6) is 2.18. The number of alkyl halides is 1. The lowest BCUT2D eigenvalue weighted by Gasteiger charge is -2.66. The molecule has 0 amide bonds. The largest absolute Gasteiger partial charge is 0.396 e. The maximum Gasteiger partial charge on any atom is 0.0596 e. The van der Waals surface area contributed by atoms with E-state index in [1.165, 1.54) is 0 Å². The lowest BCUT2D eigenvalue weighted by atomic mass is 9.42. The van der Waals surface area contributed by atoms with Crippen LogP contribution in [-0.4, -0.2) is 38.5 Å².